The van der Waals surface area contributed by atoms with E-state index in [0.29, 0.717) is 18.4 Å². The first-order chi connectivity index (χ1) is 8.70. The van der Waals surface area contributed by atoms with E-state index in [0.717, 1.165) is 18.0 Å². The summed E-state index contributed by atoms with van der Waals surface area (Å²) in [6.45, 7) is 2.23. The van der Waals surface area contributed by atoms with E-state index in [1.165, 1.54) is 11.8 Å². The maximum atomic E-state index is 11.8. The third kappa shape index (κ3) is 3.71. The molecule has 0 aromatic carbocycles. The summed E-state index contributed by atoms with van der Waals surface area (Å²) in [4.78, 5) is 11.8. The number of aromatic nitrogens is 3. The normalized spacial score (nSPS) is 16.6. The molecule has 0 spiro atoms. The van der Waals surface area contributed by atoms with Crippen molar-refractivity contribution >= 4 is 17.7 Å². The van der Waals surface area contributed by atoms with Crippen molar-refractivity contribution in [2.45, 2.75) is 37.0 Å². The summed E-state index contributed by atoms with van der Waals surface area (Å²) >= 11 is 1.51. The molecule has 1 aliphatic rings. The van der Waals surface area contributed by atoms with Crippen LogP contribution < -0.4 is 5.32 Å². The SMILES string of the molecule is CCOC(=O)C(CSc1nncn1C)NC1CC1. The fourth-order valence-electron chi connectivity index (χ4n) is 1.52. The molecule has 1 fully saturated rings. The first-order valence-corrected chi connectivity index (χ1v) is 7.08. The lowest BCUT2D eigenvalue weighted by Crippen LogP contribution is -2.41. The van der Waals surface area contributed by atoms with Crippen LogP contribution >= 0.6 is 11.8 Å². The third-order valence-corrected chi connectivity index (χ3v) is 3.76. The monoisotopic (exact) mass is 270 g/mol. The average molecular weight is 270 g/mol. The van der Waals surface area contributed by atoms with Crippen LogP contribution in [0.1, 0.15) is 19.8 Å². The minimum absolute atomic E-state index is 0.181. The summed E-state index contributed by atoms with van der Waals surface area (Å²) in [6.07, 6.45) is 3.94. The van der Waals surface area contributed by atoms with Gasteiger partial charge in [0, 0.05) is 18.8 Å². The lowest BCUT2D eigenvalue weighted by molar-refractivity contribution is -0.145. The standard InChI is InChI=1S/C11H18N4O2S/c1-3-17-10(16)9(13-8-4-5-8)6-18-11-14-12-7-15(11)2/h7-9,13H,3-6H2,1-2H3. The smallest absolute Gasteiger partial charge is 0.324 e. The molecule has 6 nitrogen and oxygen atoms in total. The molecule has 18 heavy (non-hydrogen) atoms. The summed E-state index contributed by atoms with van der Waals surface area (Å²) < 4.78 is 6.91. The van der Waals surface area contributed by atoms with Gasteiger partial charge in [0.05, 0.1) is 6.61 Å². The Labute approximate surface area is 110 Å². The van der Waals surface area contributed by atoms with Gasteiger partial charge in [-0.25, -0.2) is 0 Å². The Morgan fingerprint density at radius 3 is 3.06 bits per heavy atom. The summed E-state index contributed by atoms with van der Waals surface area (Å²) in [7, 11) is 1.88. The Bertz CT molecular complexity index is 406. The van der Waals surface area contributed by atoms with Crippen molar-refractivity contribution in [1.82, 2.24) is 20.1 Å². The quantitative estimate of drug-likeness (QED) is 0.578. The van der Waals surface area contributed by atoms with E-state index in [1.54, 1.807) is 6.33 Å². The summed E-state index contributed by atoms with van der Waals surface area (Å²) in [6, 6.07) is 0.207. The Balaban J connectivity index is 1.87. The van der Waals surface area contributed by atoms with Crippen LogP contribution in [-0.4, -0.2) is 45.2 Å². The van der Waals surface area contributed by atoms with Crippen molar-refractivity contribution in [3.05, 3.63) is 6.33 Å². The number of nitrogens with zero attached hydrogens (tertiary/aromatic N) is 3. The number of nitrogens with one attached hydrogen (secondary N) is 1. The van der Waals surface area contributed by atoms with Crippen LogP contribution in [0.25, 0.3) is 0 Å². The highest BCUT2D eigenvalue weighted by Gasteiger charge is 2.29. The van der Waals surface area contributed by atoms with Crippen molar-refractivity contribution < 1.29 is 9.53 Å². The number of thioether (sulfide) groups is 1. The fraction of sp³-hybridized carbons (Fsp3) is 0.727. The molecule has 1 atom stereocenters. The lowest BCUT2D eigenvalue weighted by Gasteiger charge is -2.16. The molecule has 1 saturated carbocycles. The molecular formula is C11H18N4O2S. The maximum Gasteiger partial charge on any atom is 0.324 e. The highest BCUT2D eigenvalue weighted by atomic mass is 32.2. The summed E-state index contributed by atoms with van der Waals surface area (Å²) in [5.74, 6) is 0.432. The van der Waals surface area contributed by atoms with Crippen molar-refractivity contribution in [3.63, 3.8) is 0 Å². The minimum atomic E-state index is -0.265. The third-order valence-electron chi connectivity index (χ3n) is 2.63. The van der Waals surface area contributed by atoms with Crippen LogP contribution in [-0.2, 0) is 16.6 Å². The summed E-state index contributed by atoms with van der Waals surface area (Å²) in [5, 5.41) is 11.9. The molecule has 2 rings (SSSR count). The molecule has 0 bridgehead atoms. The minimum Gasteiger partial charge on any atom is -0.465 e. The molecular weight excluding hydrogens is 252 g/mol. The molecule has 0 amide bonds. The zero-order valence-electron chi connectivity index (χ0n) is 10.6. The number of carbonyl (C=O) groups is 1. The molecule has 0 saturated heterocycles. The van der Waals surface area contributed by atoms with Crippen molar-refractivity contribution in [3.8, 4) is 0 Å². The zero-order valence-corrected chi connectivity index (χ0v) is 11.4. The maximum absolute atomic E-state index is 11.8. The molecule has 0 aliphatic heterocycles. The second kappa shape index (κ2) is 6.19. The van der Waals surface area contributed by atoms with E-state index in [2.05, 4.69) is 15.5 Å². The van der Waals surface area contributed by atoms with Gasteiger partial charge in [-0.1, -0.05) is 11.8 Å². The van der Waals surface area contributed by atoms with Crippen LogP contribution in [0.3, 0.4) is 0 Å². The van der Waals surface area contributed by atoms with E-state index < -0.39 is 0 Å². The van der Waals surface area contributed by atoms with Crippen LogP contribution in [0, 0.1) is 0 Å². The molecule has 0 radical (unpaired) electrons. The van der Waals surface area contributed by atoms with Crippen LogP contribution in [0.2, 0.25) is 0 Å². The molecule has 1 aliphatic carbocycles. The number of hydrogen-bond donors (Lipinski definition) is 1. The van der Waals surface area contributed by atoms with Gasteiger partial charge in [0.25, 0.3) is 0 Å². The van der Waals surface area contributed by atoms with Gasteiger partial charge >= 0.3 is 5.97 Å². The number of esters is 1. The highest BCUT2D eigenvalue weighted by molar-refractivity contribution is 7.99. The van der Waals surface area contributed by atoms with Crippen molar-refractivity contribution in [2.75, 3.05) is 12.4 Å². The Hall–Kier alpha value is -1.08. The van der Waals surface area contributed by atoms with Crippen LogP contribution in [0.15, 0.2) is 11.5 Å². The Morgan fingerprint density at radius 2 is 2.50 bits per heavy atom. The molecule has 7 heteroatoms. The first kappa shape index (κ1) is 13.4. The van der Waals surface area contributed by atoms with Gasteiger partial charge in [0.2, 0.25) is 0 Å². The largest absolute Gasteiger partial charge is 0.465 e. The van der Waals surface area contributed by atoms with E-state index in [9.17, 15) is 4.79 Å². The molecule has 1 aromatic rings. The van der Waals surface area contributed by atoms with E-state index >= 15 is 0 Å². The van der Waals surface area contributed by atoms with Crippen molar-refractivity contribution in [1.29, 1.82) is 0 Å². The second-order valence-electron chi connectivity index (χ2n) is 4.28. The van der Waals surface area contributed by atoms with Gasteiger partial charge in [-0.2, -0.15) is 0 Å². The lowest BCUT2D eigenvalue weighted by atomic mass is 10.3. The Morgan fingerprint density at radius 1 is 1.72 bits per heavy atom. The van der Waals surface area contributed by atoms with Crippen molar-refractivity contribution in [2.24, 2.45) is 7.05 Å². The first-order valence-electron chi connectivity index (χ1n) is 6.10. The highest BCUT2D eigenvalue weighted by Crippen LogP contribution is 2.22. The van der Waals surface area contributed by atoms with Crippen LogP contribution in [0.4, 0.5) is 0 Å². The number of hydrogen-bond acceptors (Lipinski definition) is 6. The van der Waals surface area contributed by atoms with Gasteiger partial charge in [-0.15, -0.1) is 10.2 Å². The van der Waals surface area contributed by atoms with Gasteiger partial charge in [0.1, 0.15) is 12.4 Å². The second-order valence-corrected chi connectivity index (χ2v) is 5.27. The molecule has 100 valence electrons. The Kier molecular flexibility index (Phi) is 4.60. The van der Waals surface area contributed by atoms with Crippen LogP contribution in [0.5, 0.6) is 0 Å². The predicted octanol–water partition coefficient (Wildman–Crippen LogP) is 0.591. The van der Waals surface area contributed by atoms with Gasteiger partial charge in [-0.05, 0) is 19.8 Å². The molecule has 1 N–H and O–H groups in total. The fourth-order valence-corrected chi connectivity index (χ4v) is 2.43. The summed E-state index contributed by atoms with van der Waals surface area (Å²) in [5.41, 5.74) is 0. The average Bonchev–Trinajstić information content (AvgIpc) is 3.07. The molecule has 1 heterocycles. The van der Waals surface area contributed by atoms with E-state index in [4.69, 9.17) is 4.74 Å². The number of carbonyl (C=O) groups excluding carboxylic acids is 1. The topological polar surface area (TPSA) is 69.0 Å². The number of ether oxygens (including phenoxy) is 1. The van der Waals surface area contributed by atoms with E-state index in [-0.39, 0.29) is 12.0 Å². The molecule has 1 unspecified atom stereocenters. The van der Waals surface area contributed by atoms with Gasteiger partial charge in [0.15, 0.2) is 5.16 Å². The van der Waals surface area contributed by atoms with Gasteiger partial charge < -0.3 is 14.6 Å². The number of aryl methyl sites for hydroxylation is 1. The predicted molar refractivity (Wildman–Crippen MR) is 68.3 cm³/mol. The number of rotatable bonds is 7. The van der Waals surface area contributed by atoms with E-state index in [1.807, 2.05) is 18.5 Å². The molecule has 1 aromatic heterocycles. The van der Waals surface area contributed by atoms with Gasteiger partial charge in [-0.3, -0.25) is 4.79 Å². The zero-order chi connectivity index (χ0) is 13.0.